The molecule has 46 heavy (non-hydrogen) atoms. The summed E-state index contributed by atoms with van der Waals surface area (Å²) in [5.74, 6) is 0. The largest absolute Gasteiger partial charge is 0.355 e. The Labute approximate surface area is 266 Å². The maximum atomic E-state index is 3.83. The fraction of sp³-hybridized carbons (Fsp3) is 0.103. The van der Waals surface area contributed by atoms with Gasteiger partial charge < -0.3 is 19.9 Å². The van der Waals surface area contributed by atoms with Crippen LogP contribution in [0.15, 0.2) is 122 Å². The van der Waals surface area contributed by atoms with Crippen LogP contribution in [0.4, 0.5) is 0 Å². The first-order valence-corrected chi connectivity index (χ1v) is 15.5. The minimum atomic E-state index is 1.04. The van der Waals surface area contributed by atoms with Gasteiger partial charge in [0.1, 0.15) is 21.1 Å². The minimum Gasteiger partial charge on any atom is -0.355 e. The number of nitrogens with one attached hydrogen (secondary N) is 4. The first kappa shape index (κ1) is 27.6. The molecule has 0 fully saturated rings. The van der Waals surface area contributed by atoms with Crippen LogP contribution in [0.5, 0.6) is 0 Å². The molecule has 0 spiro atoms. The van der Waals surface area contributed by atoms with Crippen molar-refractivity contribution in [3.63, 3.8) is 0 Å². The molecule has 7 aromatic rings. The molecular formula is C39H36N7+3. The topological polar surface area (TPSA) is 74.8 Å². The monoisotopic (exact) mass is 602 g/mol. The first-order chi connectivity index (χ1) is 22.4. The summed E-state index contributed by atoms with van der Waals surface area (Å²) in [6, 6.07) is 30.5. The lowest BCUT2D eigenvalue weighted by Gasteiger charge is -2.08. The summed E-state index contributed by atoms with van der Waals surface area (Å²) in [5, 5.41) is 4.20. The lowest BCUT2D eigenvalue weighted by molar-refractivity contribution is -0.671. The van der Waals surface area contributed by atoms with Gasteiger partial charge in [0.25, 0.3) is 0 Å². The fourth-order valence-electron chi connectivity index (χ4n) is 6.41. The van der Waals surface area contributed by atoms with E-state index in [2.05, 4.69) is 163 Å². The Morgan fingerprint density at radius 1 is 0.348 bits per heavy atom. The van der Waals surface area contributed by atoms with Gasteiger partial charge in [0, 0.05) is 97.3 Å². The highest BCUT2D eigenvalue weighted by atomic mass is 14.9. The van der Waals surface area contributed by atoms with Gasteiger partial charge in [-0.15, -0.1) is 0 Å². The standard InChI is InChI=1S/C39H34N7/c1-25-29-5-7-31(40-29)37(26-13-19-44(2)20-14-26)33-9-11-35(42-33)39(28-17-23-46(4)24-18-28)36-12-10-34(43-36)38(32-8-6-30(25)41-32)27-15-21-45(3)22-16-27/h5-24H,1-4H3,(H2,40,41,42,43)/q+1/p+2. The number of pyridine rings is 3. The van der Waals surface area contributed by atoms with Crippen molar-refractivity contribution >= 4 is 22.3 Å². The van der Waals surface area contributed by atoms with E-state index in [4.69, 9.17) is 0 Å². The number of aryl methyl sites for hydroxylation is 3. The molecule has 0 aromatic carbocycles. The van der Waals surface area contributed by atoms with Gasteiger partial charge in [-0.05, 0) is 77.7 Å². The van der Waals surface area contributed by atoms with Crippen LogP contribution in [-0.2, 0) is 21.1 Å². The average molecular weight is 603 g/mol. The Bertz CT molecular complexity index is 2480. The highest BCUT2D eigenvalue weighted by molar-refractivity contribution is 5.82. The van der Waals surface area contributed by atoms with E-state index in [1.54, 1.807) is 0 Å². The molecule has 0 unspecified atom stereocenters. The van der Waals surface area contributed by atoms with Gasteiger partial charge in [-0.25, -0.2) is 13.7 Å². The summed E-state index contributed by atoms with van der Waals surface area (Å²) in [6.07, 6.45) is 12.6. The molecule has 7 aromatic heterocycles. The van der Waals surface area contributed by atoms with Gasteiger partial charge in [-0.1, -0.05) is 0 Å². The molecule has 8 heterocycles. The Kier molecular flexibility index (Phi) is 6.53. The number of hydrogen-bond donors (Lipinski definition) is 4. The zero-order valence-corrected chi connectivity index (χ0v) is 26.4. The number of nitrogens with zero attached hydrogens (tertiary/aromatic N) is 3. The van der Waals surface area contributed by atoms with Gasteiger partial charge in [0.05, 0.1) is 0 Å². The normalized spacial score (nSPS) is 13.0. The molecule has 0 radical (unpaired) electrons. The van der Waals surface area contributed by atoms with Crippen LogP contribution in [-0.4, -0.2) is 19.9 Å². The predicted octanol–water partition coefficient (Wildman–Crippen LogP) is 1.75. The van der Waals surface area contributed by atoms with Crippen LogP contribution < -0.4 is 35.1 Å². The summed E-state index contributed by atoms with van der Waals surface area (Å²) < 4.78 is 6.18. The molecule has 0 amide bonds. The van der Waals surface area contributed by atoms with Crippen molar-refractivity contribution in [2.75, 3.05) is 0 Å². The SMILES string of the molecule is CC1=c2ccc([nH]2)=C(c2cc[n+](C)cc2)c2ccc([nH]2)C(c2cc[n+](C)cc2)=c2ccc([nH]2)=C(c2cc[n+](C)cc2)c2ccc1[nH]2. The second-order valence-electron chi connectivity index (χ2n) is 12.1. The van der Waals surface area contributed by atoms with Crippen molar-refractivity contribution in [1.82, 2.24) is 19.9 Å². The summed E-state index contributed by atoms with van der Waals surface area (Å²) in [7, 11) is 6.13. The number of H-pyrrole nitrogens is 4. The van der Waals surface area contributed by atoms with Crippen molar-refractivity contribution in [2.45, 2.75) is 6.92 Å². The molecule has 7 nitrogen and oxygen atoms in total. The zero-order chi connectivity index (χ0) is 31.4. The molecule has 4 N–H and O–H groups in total. The van der Waals surface area contributed by atoms with Crippen LogP contribution in [0.3, 0.4) is 0 Å². The summed E-state index contributed by atoms with van der Waals surface area (Å²) >= 11 is 0. The highest BCUT2D eigenvalue weighted by Crippen LogP contribution is 2.25. The van der Waals surface area contributed by atoms with E-state index in [9.17, 15) is 0 Å². The first-order valence-electron chi connectivity index (χ1n) is 15.5. The Balaban J connectivity index is 1.50. The van der Waals surface area contributed by atoms with Crippen molar-refractivity contribution in [3.8, 4) is 0 Å². The molecule has 8 bridgehead atoms. The van der Waals surface area contributed by atoms with E-state index in [0.29, 0.717) is 0 Å². The summed E-state index contributed by atoms with van der Waals surface area (Å²) in [6.45, 7) is 2.17. The highest BCUT2D eigenvalue weighted by Gasteiger charge is 2.18. The molecule has 0 aliphatic carbocycles. The molecule has 224 valence electrons. The second kappa shape index (κ2) is 10.9. The third kappa shape index (κ3) is 4.82. The number of rotatable bonds is 3. The Hall–Kier alpha value is -5.95. The number of aromatic amines is 4. The molecule has 0 saturated carbocycles. The fourth-order valence-corrected chi connectivity index (χ4v) is 6.41. The minimum absolute atomic E-state index is 1.04. The van der Waals surface area contributed by atoms with Crippen LogP contribution in [0.25, 0.3) is 22.3 Å². The molecule has 8 rings (SSSR count). The van der Waals surface area contributed by atoms with Crippen LogP contribution >= 0.6 is 0 Å². The maximum Gasteiger partial charge on any atom is 0.169 e. The quantitative estimate of drug-likeness (QED) is 0.223. The molecule has 1 aliphatic heterocycles. The molecule has 1 aliphatic rings. The summed E-state index contributed by atoms with van der Waals surface area (Å²) in [5.41, 5.74) is 12.1. The van der Waals surface area contributed by atoms with Crippen LogP contribution in [0.1, 0.15) is 46.4 Å². The number of fused-ring (bicyclic) bond motifs is 8. The van der Waals surface area contributed by atoms with Crippen molar-refractivity contribution < 1.29 is 13.7 Å². The molecular weight excluding hydrogens is 566 g/mol. The van der Waals surface area contributed by atoms with Gasteiger partial charge >= 0.3 is 0 Å². The molecule has 7 heteroatoms. The lowest BCUT2D eigenvalue weighted by atomic mass is 10.0. The Morgan fingerprint density at radius 2 is 0.652 bits per heavy atom. The maximum absolute atomic E-state index is 3.83. The van der Waals surface area contributed by atoms with E-state index in [-0.39, 0.29) is 0 Å². The predicted molar refractivity (Wildman–Crippen MR) is 178 cm³/mol. The molecule has 0 saturated heterocycles. The zero-order valence-electron chi connectivity index (χ0n) is 26.4. The second-order valence-corrected chi connectivity index (χ2v) is 12.1. The van der Waals surface area contributed by atoms with E-state index >= 15 is 0 Å². The third-order valence-electron chi connectivity index (χ3n) is 8.97. The van der Waals surface area contributed by atoms with Crippen molar-refractivity contribution in [2.24, 2.45) is 21.1 Å². The summed E-state index contributed by atoms with van der Waals surface area (Å²) in [4.78, 5) is 15.2. The Morgan fingerprint density at radius 3 is 1.04 bits per heavy atom. The number of aromatic nitrogens is 7. The van der Waals surface area contributed by atoms with E-state index < -0.39 is 0 Å². The van der Waals surface area contributed by atoms with Gasteiger partial charge in [0.15, 0.2) is 37.2 Å². The van der Waals surface area contributed by atoms with Gasteiger partial charge in [0.2, 0.25) is 0 Å². The van der Waals surface area contributed by atoms with Gasteiger partial charge in [-0.3, -0.25) is 0 Å². The van der Waals surface area contributed by atoms with Crippen LogP contribution in [0.2, 0.25) is 0 Å². The van der Waals surface area contributed by atoms with Gasteiger partial charge in [-0.2, -0.15) is 0 Å². The van der Waals surface area contributed by atoms with Crippen molar-refractivity contribution in [3.05, 3.63) is 183 Å². The smallest absolute Gasteiger partial charge is 0.169 e. The lowest BCUT2D eigenvalue weighted by Crippen LogP contribution is -2.26. The average Bonchev–Trinajstić information content (AvgIpc) is 3.89. The third-order valence-corrected chi connectivity index (χ3v) is 8.97. The van der Waals surface area contributed by atoms with E-state index in [0.717, 1.165) is 83.2 Å². The van der Waals surface area contributed by atoms with E-state index in [1.807, 2.05) is 21.1 Å². The van der Waals surface area contributed by atoms with Crippen molar-refractivity contribution in [1.29, 1.82) is 0 Å². The number of hydrogen-bond acceptors (Lipinski definition) is 0. The van der Waals surface area contributed by atoms with E-state index in [1.165, 1.54) is 0 Å². The van der Waals surface area contributed by atoms with Crippen LogP contribution in [0, 0.1) is 0 Å². The molecule has 0 atom stereocenters.